The minimum atomic E-state index is 1.06. The maximum absolute atomic E-state index is 8.00. The van der Waals surface area contributed by atoms with Crippen molar-refractivity contribution in [3.63, 3.8) is 0 Å². The summed E-state index contributed by atoms with van der Waals surface area (Å²) >= 11 is 1.54. The van der Waals surface area contributed by atoms with Crippen LogP contribution in [0.2, 0.25) is 0 Å². The predicted octanol–water partition coefficient (Wildman–Crippen LogP) is 4.35. The van der Waals surface area contributed by atoms with Crippen LogP contribution in [-0.2, 0) is 4.79 Å². The zero-order chi connectivity index (χ0) is 14.9. The van der Waals surface area contributed by atoms with Crippen LogP contribution in [-0.4, -0.2) is 16.1 Å². The predicted molar refractivity (Wildman–Crippen MR) is 88.5 cm³/mol. The van der Waals surface area contributed by atoms with E-state index < -0.39 is 0 Å². The fraction of sp³-hybridized carbons (Fsp3) is 0. The van der Waals surface area contributed by atoms with Gasteiger partial charge in [0.05, 0.1) is 10.2 Å². The number of para-hydroxylation sites is 1. The summed E-state index contributed by atoms with van der Waals surface area (Å²) in [6.45, 7) is 2.00. The van der Waals surface area contributed by atoms with E-state index in [4.69, 9.17) is 4.79 Å². The molecule has 0 N–H and O–H groups in total. The van der Waals surface area contributed by atoms with Gasteiger partial charge in [0.1, 0.15) is 6.79 Å². The highest BCUT2D eigenvalue weighted by Gasteiger charge is 1.89. The second-order valence-corrected chi connectivity index (χ2v) is 4.89. The van der Waals surface area contributed by atoms with Gasteiger partial charge in [-0.15, -0.1) is 0 Å². The van der Waals surface area contributed by atoms with Crippen LogP contribution >= 0.6 is 11.5 Å². The molecule has 0 aliphatic rings. The number of aromatic nitrogens is 2. The van der Waals surface area contributed by atoms with E-state index >= 15 is 0 Å². The molecule has 0 aliphatic heterocycles. The van der Waals surface area contributed by atoms with Gasteiger partial charge in [-0.3, -0.25) is 4.98 Å². The fourth-order valence-electron chi connectivity index (χ4n) is 1.83. The molecule has 2 heterocycles. The first-order valence-corrected chi connectivity index (χ1v) is 7.09. The molecule has 4 rings (SSSR count). The number of fused-ring (bicyclic) bond motifs is 2. The molecular formula is C17H14N2OS. The number of carbonyl (C=O) groups excluding carboxylic acids is 1. The quantitative estimate of drug-likeness (QED) is 0.484. The zero-order valence-corrected chi connectivity index (χ0v) is 12.2. The number of benzene rings is 2. The van der Waals surface area contributed by atoms with Crippen LogP contribution in [0.3, 0.4) is 0 Å². The second kappa shape index (κ2) is 7.87. The third kappa shape index (κ3) is 3.94. The topological polar surface area (TPSA) is 42.9 Å². The van der Waals surface area contributed by atoms with Crippen molar-refractivity contribution in [2.24, 2.45) is 0 Å². The Hall–Kier alpha value is -2.59. The molecule has 0 spiro atoms. The average molecular weight is 294 g/mol. The van der Waals surface area contributed by atoms with Gasteiger partial charge in [0.25, 0.3) is 0 Å². The summed E-state index contributed by atoms with van der Waals surface area (Å²) in [5.74, 6) is 0. The molecule has 4 heteroatoms. The van der Waals surface area contributed by atoms with Crippen molar-refractivity contribution in [2.45, 2.75) is 0 Å². The van der Waals surface area contributed by atoms with Gasteiger partial charge in [0, 0.05) is 23.2 Å². The normalized spacial score (nSPS) is 9.33. The maximum Gasteiger partial charge on any atom is 0.106 e. The Morgan fingerprint density at radius 1 is 0.810 bits per heavy atom. The van der Waals surface area contributed by atoms with Crippen molar-refractivity contribution >= 4 is 39.3 Å². The van der Waals surface area contributed by atoms with Crippen molar-refractivity contribution in [1.29, 1.82) is 0 Å². The Balaban J connectivity index is 0.000000138. The lowest BCUT2D eigenvalue weighted by Gasteiger charge is -1.91. The monoisotopic (exact) mass is 294 g/mol. The Morgan fingerprint density at radius 2 is 1.48 bits per heavy atom. The Morgan fingerprint density at radius 3 is 2.24 bits per heavy atom. The molecule has 0 bridgehead atoms. The van der Waals surface area contributed by atoms with Gasteiger partial charge in [-0.1, -0.05) is 42.5 Å². The SMILES string of the molecule is C=O.c1ccc2ncccc2c1.c1ccc2sncc2c1. The van der Waals surface area contributed by atoms with Crippen LogP contribution in [0.4, 0.5) is 0 Å². The molecule has 0 atom stereocenters. The molecule has 104 valence electrons. The smallest absolute Gasteiger partial charge is 0.106 e. The Bertz CT molecular complexity index is 718. The number of rotatable bonds is 0. The van der Waals surface area contributed by atoms with Crippen LogP contribution in [0.5, 0.6) is 0 Å². The van der Waals surface area contributed by atoms with Crippen molar-refractivity contribution in [3.8, 4) is 0 Å². The van der Waals surface area contributed by atoms with E-state index in [2.05, 4.69) is 33.6 Å². The van der Waals surface area contributed by atoms with Gasteiger partial charge >= 0.3 is 0 Å². The molecule has 0 fully saturated rings. The summed E-state index contributed by atoms with van der Waals surface area (Å²) in [5, 5.41) is 2.44. The zero-order valence-electron chi connectivity index (χ0n) is 11.3. The van der Waals surface area contributed by atoms with E-state index in [1.165, 1.54) is 27.0 Å². The second-order valence-electron chi connectivity index (χ2n) is 4.06. The number of hydrogen-bond donors (Lipinski definition) is 0. The van der Waals surface area contributed by atoms with Crippen molar-refractivity contribution in [2.75, 3.05) is 0 Å². The fourth-order valence-corrected chi connectivity index (χ4v) is 2.47. The van der Waals surface area contributed by atoms with Crippen molar-refractivity contribution in [1.82, 2.24) is 9.36 Å². The third-order valence-corrected chi connectivity index (χ3v) is 3.55. The largest absolute Gasteiger partial charge is 0.307 e. The van der Waals surface area contributed by atoms with Gasteiger partial charge in [-0.25, -0.2) is 0 Å². The lowest BCUT2D eigenvalue weighted by molar-refractivity contribution is -0.0979. The standard InChI is InChI=1S/C9H7N.C7H5NS.CH2O/c1-2-6-9-8(4-1)5-3-7-10-9;1-2-4-7-6(3-1)5-8-9-7;1-2/h1-7H;1-5H;1H2. The molecule has 4 aromatic rings. The number of pyridine rings is 1. The molecule has 0 saturated carbocycles. The molecule has 0 aliphatic carbocycles. The highest BCUT2D eigenvalue weighted by atomic mass is 32.1. The van der Waals surface area contributed by atoms with Gasteiger partial charge in [-0.05, 0) is 29.7 Å². The van der Waals surface area contributed by atoms with E-state index in [1.807, 2.05) is 55.6 Å². The van der Waals surface area contributed by atoms with Crippen LogP contribution in [0.25, 0.3) is 21.0 Å². The van der Waals surface area contributed by atoms with Gasteiger partial charge in [-0.2, -0.15) is 4.37 Å². The van der Waals surface area contributed by atoms with E-state index in [1.54, 1.807) is 0 Å². The van der Waals surface area contributed by atoms with Gasteiger partial charge in [0.15, 0.2) is 0 Å². The highest BCUT2D eigenvalue weighted by molar-refractivity contribution is 7.13. The first kappa shape index (κ1) is 14.8. The summed E-state index contributed by atoms with van der Waals surface area (Å²) in [6, 6.07) is 20.3. The van der Waals surface area contributed by atoms with Crippen LogP contribution < -0.4 is 0 Å². The molecule has 0 saturated heterocycles. The minimum Gasteiger partial charge on any atom is -0.307 e. The first-order chi connectivity index (χ1) is 10.4. The summed E-state index contributed by atoms with van der Waals surface area (Å²) in [6.07, 6.45) is 3.70. The molecule has 2 aromatic heterocycles. The van der Waals surface area contributed by atoms with E-state index in [0.29, 0.717) is 0 Å². The summed E-state index contributed by atoms with van der Waals surface area (Å²) in [4.78, 5) is 12.2. The van der Waals surface area contributed by atoms with Gasteiger partial charge in [0.2, 0.25) is 0 Å². The van der Waals surface area contributed by atoms with Crippen molar-refractivity contribution in [3.05, 3.63) is 73.1 Å². The Labute approximate surface area is 127 Å². The maximum atomic E-state index is 8.00. The summed E-state index contributed by atoms with van der Waals surface area (Å²) in [5.41, 5.74) is 1.06. The number of nitrogens with zero attached hydrogens (tertiary/aromatic N) is 2. The molecule has 2 aromatic carbocycles. The molecule has 0 unspecified atom stereocenters. The molecular weight excluding hydrogens is 280 g/mol. The molecule has 0 amide bonds. The van der Waals surface area contributed by atoms with Crippen LogP contribution in [0.15, 0.2) is 73.1 Å². The summed E-state index contributed by atoms with van der Waals surface area (Å²) in [7, 11) is 0. The van der Waals surface area contributed by atoms with Crippen LogP contribution in [0, 0.1) is 0 Å². The number of carbonyl (C=O) groups is 1. The van der Waals surface area contributed by atoms with Crippen LogP contribution in [0.1, 0.15) is 0 Å². The van der Waals surface area contributed by atoms with E-state index in [0.717, 1.165) is 5.52 Å². The first-order valence-electron chi connectivity index (χ1n) is 6.31. The molecule has 21 heavy (non-hydrogen) atoms. The lowest BCUT2D eigenvalue weighted by atomic mass is 10.2. The lowest BCUT2D eigenvalue weighted by Crippen LogP contribution is -1.73. The molecule has 3 nitrogen and oxygen atoms in total. The molecule has 0 radical (unpaired) electrons. The summed E-state index contributed by atoms with van der Waals surface area (Å²) < 4.78 is 5.30. The van der Waals surface area contributed by atoms with Crippen molar-refractivity contribution < 1.29 is 4.79 Å². The van der Waals surface area contributed by atoms with E-state index in [9.17, 15) is 0 Å². The minimum absolute atomic E-state index is 1.06. The Kier molecular flexibility index (Phi) is 5.55. The third-order valence-electron chi connectivity index (χ3n) is 2.77. The highest BCUT2D eigenvalue weighted by Crippen LogP contribution is 2.15. The average Bonchev–Trinajstić information content (AvgIpc) is 3.06. The van der Waals surface area contributed by atoms with E-state index in [-0.39, 0.29) is 0 Å². The van der Waals surface area contributed by atoms with Gasteiger partial charge < -0.3 is 4.79 Å². The number of hydrogen-bond acceptors (Lipinski definition) is 4.